The number of methoxy groups -OCH3 is 2. The Kier molecular flexibility index (Phi) is 18.1. The Morgan fingerprint density at radius 2 is 1.63 bits per heavy atom. The van der Waals surface area contributed by atoms with Crippen molar-refractivity contribution < 1.29 is 46.3 Å². The molecule has 0 heterocycles. The summed E-state index contributed by atoms with van der Waals surface area (Å²) in [5, 5.41) is 0.722. The Balaban J connectivity index is 0.00000209. The van der Waals surface area contributed by atoms with Crippen LogP contribution in [-0.2, 0) is 41.3 Å². The van der Waals surface area contributed by atoms with Gasteiger partial charge in [-0.3, -0.25) is 0 Å². The predicted molar refractivity (Wildman–Crippen MR) is 198 cm³/mol. The highest BCUT2D eigenvalue weighted by atomic mass is 127. The summed E-state index contributed by atoms with van der Waals surface area (Å²) >= 11 is 2.16. The van der Waals surface area contributed by atoms with Crippen LogP contribution in [0.1, 0.15) is 31.4 Å². The zero-order chi connectivity index (χ0) is 35.6. The van der Waals surface area contributed by atoms with Crippen LogP contribution in [-0.4, -0.2) is 45.8 Å². The lowest BCUT2D eigenvalue weighted by atomic mass is 10.2. The van der Waals surface area contributed by atoms with Crippen LogP contribution < -0.4 is 14.8 Å². The van der Waals surface area contributed by atoms with Crippen molar-refractivity contribution in [3.63, 3.8) is 0 Å². The van der Waals surface area contributed by atoms with Crippen molar-refractivity contribution in [2.24, 2.45) is 0 Å². The maximum atomic E-state index is 14.3. The smallest absolute Gasteiger partial charge is 0.337 e. The molecule has 0 N–H and O–H groups in total. The van der Waals surface area contributed by atoms with E-state index < -0.39 is 20.2 Å². The third-order valence-corrected chi connectivity index (χ3v) is 9.32. The minimum absolute atomic E-state index is 0.0598. The summed E-state index contributed by atoms with van der Waals surface area (Å²) in [5.74, 6) is 1.10. The number of hydrogen-bond donors (Lipinski definition) is 0. The molecule has 3 aromatic rings. The second-order valence-electron chi connectivity index (χ2n) is 10.5. The van der Waals surface area contributed by atoms with Crippen LogP contribution in [0.3, 0.4) is 0 Å². The van der Waals surface area contributed by atoms with Gasteiger partial charge in [0, 0.05) is 37.8 Å². The van der Waals surface area contributed by atoms with E-state index >= 15 is 0 Å². The molecule has 0 bridgehead atoms. The lowest BCUT2D eigenvalue weighted by Crippen LogP contribution is -2.09. The Bertz CT molecular complexity index is 1580. The maximum absolute atomic E-state index is 14.3. The summed E-state index contributed by atoms with van der Waals surface area (Å²) < 4.78 is 67.1. The molecule has 4 rings (SSSR count). The van der Waals surface area contributed by atoms with Gasteiger partial charge >= 0.3 is 5.97 Å². The van der Waals surface area contributed by atoms with Gasteiger partial charge in [-0.15, -0.1) is 0 Å². The van der Waals surface area contributed by atoms with Crippen LogP contribution in [0.4, 0.5) is 8.78 Å². The molecule has 1 atom stereocenters. The monoisotopic (exact) mass is 828 g/mol. The van der Waals surface area contributed by atoms with Crippen molar-refractivity contribution in [1.29, 1.82) is 0 Å². The molecule has 8 nitrogen and oxygen atoms in total. The van der Waals surface area contributed by atoms with Crippen LogP contribution in [0, 0.1) is 11.6 Å². The van der Waals surface area contributed by atoms with Gasteiger partial charge in [0.15, 0.2) is 11.6 Å². The van der Waals surface area contributed by atoms with Crippen molar-refractivity contribution in [3.05, 3.63) is 125 Å². The first kappa shape index (κ1) is 40.4. The molecule has 0 radical (unpaired) electrons. The maximum Gasteiger partial charge on any atom is 0.337 e. The molecule has 3 aromatic carbocycles. The quantitative estimate of drug-likeness (QED) is 0.0608. The van der Waals surface area contributed by atoms with Crippen molar-refractivity contribution in [2.45, 2.75) is 39.6 Å². The van der Waals surface area contributed by atoms with Gasteiger partial charge in [0.2, 0.25) is 8.38 Å². The summed E-state index contributed by atoms with van der Waals surface area (Å²) in [4.78, 5) is 12.7. The fourth-order valence-corrected chi connectivity index (χ4v) is 6.15. The molecule has 0 spiro atoms. The second-order valence-corrected chi connectivity index (χ2v) is 14.6. The zero-order valence-electron chi connectivity index (χ0n) is 28.0. The van der Waals surface area contributed by atoms with E-state index in [1.807, 2.05) is 13.8 Å². The van der Waals surface area contributed by atoms with E-state index in [0.29, 0.717) is 52.7 Å². The number of ether oxygens (including phenoxy) is 5. The topological polar surface area (TPSA) is 81.7 Å². The average molecular weight is 829 g/mol. The first-order chi connectivity index (χ1) is 23.6. The van der Waals surface area contributed by atoms with E-state index in [4.69, 9.17) is 28.0 Å². The van der Waals surface area contributed by atoms with Gasteiger partial charge in [-0.1, -0.05) is 33.2 Å². The molecule has 0 aliphatic heterocycles. The Morgan fingerprint density at radius 1 is 0.939 bits per heavy atom. The van der Waals surface area contributed by atoms with Crippen molar-refractivity contribution in [1.82, 2.24) is 0 Å². The van der Waals surface area contributed by atoms with Gasteiger partial charge in [-0.25, -0.2) is 13.6 Å². The molecule has 0 saturated heterocycles. The molecular formula is C36H40F2IO8PS. The van der Waals surface area contributed by atoms with Crippen molar-refractivity contribution in [3.8, 4) is 11.5 Å². The standard InChI is InChI=1S/C34H34F2IO7PS.C2H6O/c1-23(2)43-29-9-8-26(34(38)40-15-16-46-37)19-30(20-29)44-28-10-12-31(13-11-28)45(41-21-24-5-4-6-27(35)17-24)42-22-25-7-14-33(39-3)32(36)18-25;1-3-2/h4-8,10-14,17-20,23H,9,15-16,21-22H2,1-3H3;1-2H3. The molecule has 1 unspecified atom stereocenters. The number of carbonyl (C=O) groups excluding carboxylic acids is 1. The SMILES string of the molecule is COC.COc1ccc(COP(OCc2cccc(F)c2)c2ccc(OC3=CC(C(=O)OCCSI)=CCC(OC(C)C)=C3)cc2)cc1F. The van der Waals surface area contributed by atoms with Gasteiger partial charge in [0.05, 0.1) is 32.0 Å². The first-order valence-electron chi connectivity index (χ1n) is 15.2. The molecule has 49 heavy (non-hydrogen) atoms. The molecular weight excluding hydrogens is 788 g/mol. The van der Waals surface area contributed by atoms with Crippen LogP contribution in [0.2, 0.25) is 0 Å². The van der Waals surface area contributed by atoms with E-state index in [2.05, 4.69) is 25.9 Å². The fraction of sp³-hybridized carbons (Fsp3) is 0.306. The number of benzene rings is 3. The first-order valence-corrected chi connectivity index (χ1v) is 19.9. The summed E-state index contributed by atoms with van der Waals surface area (Å²) in [6, 6.07) is 17.9. The minimum Gasteiger partial charge on any atom is -0.495 e. The average Bonchev–Trinajstić information content (AvgIpc) is 3.27. The number of rotatable bonds is 16. The van der Waals surface area contributed by atoms with Crippen molar-refractivity contribution in [2.75, 3.05) is 33.7 Å². The molecule has 0 aromatic heterocycles. The zero-order valence-corrected chi connectivity index (χ0v) is 31.8. The molecule has 1 aliphatic carbocycles. The van der Waals surface area contributed by atoms with E-state index in [1.165, 1.54) is 31.4 Å². The van der Waals surface area contributed by atoms with Gasteiger partial charge < -0.3 is 32.7 Å². The number of carbonyl (C=O) groups is 1. The predicted octanol–water partition coefficient (Wildman–Crippen LogP) is 9.13. The van der Waals surface area contributed by atoms with E-state index in [1.54, 1.807) is 83.8 Å². The van der Waals surface area contributed by atoms with Gasteiger partial charge in [-0.2, -0.15) is 0 Å². The Morgan fingerprint density at radius 3 is 2.24 bits per heavy atom. The Labute approximate surface area is 304 Å². The van der Waals surface area contributed by atoms with Crippen molar-refractivity contribution >= 4 is 49.8 Å². The highest BCUT2D eigenvalue weighted by Gasteiger charge is 2.19. The number of esters is 1. The summed E-state index contributed by atoms with van der Waals surface area (Å²) in [6.45, 7) is 4.34. The highest BCUT2D eigenvalue weighted by Crippen LogP contribution is 2.40. The van der Waals surface area contributed by atoms with E-state index in [0.717, 1.165) is 5.30 Å². The molecule has 1 aliphatic rings. The molecule has 0 saturated carbocycles. The van der Waals surface area contributed by atoms with Gasteiger partial charge in [-0.05, 0) is 101 Å². The van der Waals surface area contributed by atoms with Gasteiger partial charge in [0.1, 0.15) is 29.7 Å². The van der Waals surface area contributed by atoms with E-state index in [-0.39, 0.29) is 30.9 Å². The summed E-state index contributed by atoms with van der Waals surface area (Å²) in [7, 11) is 4.56. The number of halogens is 3. The molecule has 264 valence electrons. The van der Waals surface area contributed by atoms with E-state index in [9.17, 15) is 13.6 Å². The molecule has 0 amide bonds. The van der Waals surface area contributed by atoms with Crippen LogP contribution in [0.5, 0.6) is 11.5 Å². The number of hydrogen-bond acceptors (Lipinski definition) is 9. The molecule has 0 fully saturated rings. The van der Waals surface area contributed by atoms with Gasteiger partial charge in [0.25, 0.3) is 0 Å². The molecule has 13 heteroatoms. The summed E-state index contributed by atoms with van der Waals surface area (Å²) in [5.41, 5.74) is 1.62. The highest BCUT2D eigenvalue weighted by molar-refractivity contribution is 14.2. The third kappa shape index (κ3) is 14.4. The number of allylic oxidation sites excluding steroid dienone is 2. The second kappa shape index (κ2) is 22.0. The third-order valence-electron chi connectivity index (χ3n) is 6.23. The van der Waals surface area contributed by atoms with Crippen LogP contribution in [0.15, 0.2) is 102 Å². The van der Waals surface area contributed by atoms with Crippen LogP contribution >= 0.6 is 38.5 Å². The largest absolute Gasteiger partial charge is 0.495 e. The normalized spacial score (nSPS) is 13.2. The lowest BCUT2D eigenvalue weighted by Gasteiger charge is -2.19. The lowest BCUT2D eigenvalue weighted by molar-refractivity contribution is -0.138. The van der Waals surface area contributed by atoms with Crippen LogP contribution in [0.25, 0.3) is 0 Å². The summed E-state index contributed by atoms with van der Waals surface area (Å²) in [6.07, 6.45) is 5.51. The minimum atomic E-state index is -1.66. The Hall–Kier alpha value is -3.00. The fourth-order valence-electron chi connectivity index (χ4n) is 4.17.